The average Bonchev–Trinajstić information content (AvgIpc) is 3.56. The molecule has 0 unspecified atom stereocenters. The minimum Gasteiger partial charge on any atom is -0.394 e. The lowest BCUT2D eigenvalue weighted by molar-refractivity contribution is -0.280. The van der Waals surface area contributed by atoms with Gasteiger partial charge in [0, 0.05) is 18.6 Å². The molecule has 3 fully saturated rings. The number of rotatable bonds is 10. The van der Waals surface area contributed by atoms with Crippen LogP contribution in [-0.4, -0.2) is 150 Å². The van der Waals surface area contributed by atoms with Crippen LogP contribution >= 0.6 is 11.8 Å². The number of nitrogens with zero attached hydrogens (tertiary/aromatic N) is 3. The Balaban J connectivity index is 1.22. The quantitative estimate of drug-likeness (QED) is 0.0659. The normalized spacial score (nSPS) is 42.1. The van der Waals surface area contributed by atoms with Gasteiger partial charge in [0.15, 0.2) is 18.2 Å². The van der Waals surface area contributed by atoms with Crippen LogP contribution in [0.3, 0.4) is 0 Å². The molecule has 20 heteroatoms. The fourth-order valence-electron chi connectivity index (χ4n) is 5.49. The number of hydrogen-bond donors (Lipinski definition) is 11. The van der Waals surface area contributed by atoms with Gasteiger partial charge in [-0.3, -0.25) is 0 Å². The highest BCUT2D eigenvalue weighted by Gasteiger charge is 2.52. The molecular formula is C23H39N9O10S. The van der Waals surface area contributed by atoms with Crippen LogP contribution in [0.4, 0.5) is 5.95 Å². The molecule has 43 heavy (non-hydrogen) atoms. The van der Waals surface area contributed by atoms with E-state index >= 15 is 0 Å². The summed E-state index contributed by atoms with van der Waals surface area (Å²) in [6.45, 7) is -0.717. The highest BCUT2D eigenvalue weighted by molar-refractivity contribution is 7.99. The lowest BCUT2D eigenvalue weighted by atomic mass is 9.84. The monoisotopic (exact) mass is 633 g/mol. The van der Waals surface area contributed by atoms with Crippen LogP contribution < -0.4 is 28.7 Å². The summed E-state index contributed by atoms with van der Waals surface area (Å²) in [7, 11) is 0. The van der Waals surface area contributed by atoms with Crippen molar-refractivity contribution in [2.45, 2.75) is 97.1 Å². The van der Waals surface area contributed by atoms with Crippen LogP contribution in [0.25, 0.3) is 11.2 Å². The fourth-order valence-corrected chi connectivity index (χ4v) is 6.28. The van der Waals surface area contributed by atoms with E-state index in [4.69, 9.17) is 52.4 Å². The molecule has 0 bridgehead atoms. The maximum Gasteiger partial charge on any atom is 0.223 e. The van der Waals surface area contributed by atoms with E-state index in [9.17, 15) is 25.5 Å². The molecule has 4 heterocycles. The van der Waals surface area contributed by atoms with Gasteiger partial charge in [0.25, 0.3) is 0 Å². The Hall–Kier alpha value is -1.86. The van der Waals surface area contributed by atoms with Crippen molar-refractivity contribution in [3.05, 3.63) is 6.33 Å². The van der Waals surface area contributed by atoms with Crippen molar-refractivity contribution in [1.29, 1.82) is 0 Å². The van der Waals surface area contributed by atoms with Gasteiger partial charge in [0.05, 0.1) is 24.9 Å². The Kier molecular flexibility index (Phi) is 10.3. The molecular weight excluding hydrogens is 594 g/mol. The predicted molar refractivity (Wildman–Crippen MR) is 147 cm³/mol. The van der Waals surface area contributed by atoms with Crippen molar-refractivity contribution in [3.8, 4) is 0 Å². The van der Waals surface area contributed by atoms with E-state index in [1.807, 2.05) is 0 Å². The third kappa shape index (κ3) is 6.59. The zero-order valence-corrected chi connectivity index (χ0v) is 23.7. The molecule has 19 nitrogen and oxygen atoms in total. The second-order valence-corrected chi connectivity index (χ2v) is 11.6. The number of aromatic nitrogens is 4. The molecule has 0 aromatic carbocycles. The largest absolute Gasteiger partial charge is 0.394 e. The molecule has 3 aliphatic rings. The van der Waals surface area contributed by atoms with E-state index in [0.717, 1.165) is 0 Å². The van der Waals surface area contributed by atoms with Gasteiger partial charge in [-0.25, -0.2) is 9.97 Å². The van der Waals surface area contributed by atoms with Crippen LogP contribution in [0.2, 0.25) is 0 Å². The molecule has 2 aliphatic heterocycles. The van der Waals surface area contributed by atoms with Crippen molar-refractivity contribution < 1.29 is 49.2 Å². The van der Waals surface area contributed by atoms with Crippen LogP contribution in [-0.2, 0) is 23.7 Å². The minimum absolute atomic E-state index is 0.0268. The number of imidazole rings is 1. The molecule has 2 saturated heterocycles. The summed E-state index contributed by atoms with van der Waals surface area (Å²) in [5.74, 6) is 0.0680. The summed E-state index contributed by atoms with van der Waals surface area (Å²) in [5.41, 5.74) is 30.9. The van der Waals surface area contributed by atoms with Crippen LogP contribution in [0.15, 0.2) is 11.4 Å². The van der Waals surface area contributed by atoms with Crippen molar-refractivity contribution in [3.63, 3.8) is 0 Å². The van der Waals surface area contributed by atoms with Gasteiger partial charge in [-0.05, 0) is 6.42 Å². The maximum atomic E-state index is 11.2. The van der Waals surface area contributed by atoms with Crippen LogP contribution in [0, 0.1) is 0 Å². The zero-order valence-electron chi connectivity index (χ0n) is 22.9. The molecule has 14 atom stereocenters. The maximum absolute atomic E-state index is 11.2. The summed E-state index contributed by atoms with van der Waals surface area (Å²) in [6.07, 6.45) is -11.9. The zero-order chi connectivity index (χ0) is 31.0. The van der Waals surface area contributed by atoms with Crippen LogP contribution in [0.5, 0.6) is 0 Å². The van der Waals surface area contributed by atoms with Gasteiger partial charge in [-0.15, -0.1) is 0 Å². The predicted octanol–water partition coefficient (Wildman–Crippen LogP) is -5.63. The van der Waals surface area contributed by atoms with E-state index < -0.39 is 92.2 Å². The van der Waals surface area contributed by atoms with E-state index in [0.29, 0.717) is 16.2 Å². The van der Waals surface area contributed by atoms with E-state index in [1.165, 1.54) is 18.1 Å². The highest BCUT2D eigenvalue weighted by Crippen LogP contribution is 2.33. The smallest absolute Gasteiger partial charge is 0.223 e. The summed E-state index contributed by atoms with van der Waals surface area (Å²) in [5, 5.41) is 53.1. The van der Waals surface area contributed by atoms with Crippen LogP contribution in [0.1, 0.15) is 6.42 Å². The summed E-state index contributed by atoms with van der Waals surface area (Å²) in [4.78, 5) is 15.3. The molecule has 1 aliphatic carbocycles. The Morgan fingerprint density at radius 3 is 2.33 bits per heavy atom. The van der Waals surface area contributed by atoms with Gasteiger partial charge in [0.1, 0.15) is 65.5 Å². The SMILES string of the molecule is NC[C@H]1O[C@@H](O[C@H]2[C@@H](O)[C@H](O[C@@H]3[C@@H](O)[C@H](OCSc4nc(N)nc5nc[nH]c45)[C@@H](N)C[C@H]3N)O[C@@H]2CO)[C@@H](N)[C@H](O)[C@H]1O. The van der Waals surface area contributed by atoms with Gasteiger partial charge in [-0.1, -0.05) is 11.8 Å². The number of aromatic amines is 1. The number of aliphatic hydroxyl groups excluding tert-OH is 5. The second kappa shape index (κ2) is 13.6. The van der Waals surface area contributed by atoms with Crippen molar-refractivity contribution in [1.82, 2.24) is 19.9 Å². The lowest BCUT2D eigenvalue weighted by Crippen LogP contribution is -2.64. The third-order valence-corrected chi connectivity index (χ3v) is 8.64. The van der Waals surface area contributed by atoms with Gasteiger partial charge in [-0.2, -0.15) is 4.98 Å². The summed E-state index contributed by atoms with van der Waals surface area (Å²) >= 11 is 1.19. The topological polar surface area (TPSA) is 332 Å². The molecule has 2 aromatic heterocycles. The first-order chi connectivity index (χ1) is 20.5. The first kappa shape index (κ1) is 32.5. The fraction of sp³-hybridized carbons (Fsp3) is 0.783. The molecule has 5 rings (SSSR count). The standard InChI is InChI=1S/C23H39N9O10S/c24-2-8-12(34)13(35)10(27)21(39-8)42-18-9(3-33)40-22(15(18)37)41-17-7(26)1-6(25)16(14(17)36)38-5-43-20-11-19(30-4-29-11)31-23(28)32-20/h4,6-10,12-18,21-22,33-37H,1-3,5,24-27H2,(H3,28,29,30,31,32)/t6-,7+,8+,9+,10-,12-,13-,14-,15+,16+,17-,18+,21-,22-/m0/s1. The molecule has 0 amide bonds. The Morgan fingerprint density at radius 1 is 0.907 bits per heavy atom. The lowest BCUT2D eigenvalue weighted by Gasteiger charge is -2.43. The van der Waals surface area contributed by atoms with Crippen molar-refractivity contribution in [2.24, 2.45) is 22.9 Å². The van der Waals surface area contributed by atoms with Crippen molar-refractivity contribution in [2.75, 3.05) is 24.8 Å². The molecule has 16 N–H and O–H groups in total. The molecule has 242 valence electrons. The average molecular weight is 634 g/mol. The van der Waals surface area contributed by atoms with E-state index in [1.54, 1.807) is 0 Å². The number of thioether (sulfide) groups is 1. The summed E-state index contributed by atoms with van der Waals surface area (Å²) < 4.78 is 29.0. The molecule has 2 aromatic rings. The second-order valence-electron chi connectivity index (χ2n) is 10.7. The minimum atomic E-state index is -1.50. The Labute approximate surface area is 249 Å². The number of nitrogens with one attached hydrogen (secondary N) is 1. The number of nitrogen functional groups attached to an aromatic ring is 1. The third-order valence-electron chi connectivity index (χ3n) is 7.82. The number of H-pyrrole nitrogens is 1. The summed E-state index contributed by atoms with van der Waals surface area (Å²) in [6, 6.07) is -2.60. The van der Waals surface area contributed by atoms with Crippen molar-refractivity contribution >= 4 is 28.9 Å². The highest BCUT2D eigenvalue weighted by atomic mass is 32.2. The number of fused-ring (bicyclic) bond motifs is 1. The van der Waals surface area contributed by atoms with Gasteiger partial charge < -0.3 is 82.9 Å². The first-order valence-corrected chi connectivity index (χ1v) is 14.6. The number of hydrogen-bond acceptors (Lipinski definition) is 19. The number of aliphatic hydroxyl groups is 5. The van der Waals surface area contributed by atoms with Gasteiger partial charge >= 0.3 is 0 Å². The number of nitrogens with two attached hydrogens (primary N) is 5. The Bertz CT molecular complexity index is 1220. The Morgan fingerprint density at radius 2 is 1.60 bits per heavy atom. The molecule has 0 radical (unpaired) electrons. The number of ether oxygens (including phenoxy) is 5. The van der Waals surface area contributed by atoms with E-state index in [2.05, 4.69) is 19.9 Å². The first-order valence-electron chi connectivity index (χ1n) is 13.7. The van der Waals surface area contributed by atoms with E-state index in [-0.39, 0.29) is 24.9 Å². The molecule has 1 saturated carbocycles. The number of anilines is 1. The molecule has 0 spiro atoms. The van der Waals surface area contributed by atoms with Gasteiger partial charge in [0.2, 0.25) is 5.95 Å².